The van der Waals surface area contributed by atoms with Gasteiger partial charge in [0.15, 0.2) is 5.58 Å². The van der Waals surface area contributed by atoms with Crippen LogP contribution in [0.3, 0.4) is 0 Å². The molecule has 1 saturated heterocycles. The van der Waals surface area contributed by atoms with E-state index in [0.29, 0.717) is 41.8 Å². The molecule has 1 fully saturated rings. The van der Waals surface area contributed by atoms with Crippen molar-refractivity contribution >= 4 is 34.8 Å². The number of anilines is 1. The first kappa shape index (κ1) is 19.6. The van der Waals surface area contributed by atoms with Crippen molar-refractivity contribution in [2.75, 3.05) is 24.5 Å². The van der Waals surface area contributed by atoms with Crippen LogP contribution in [0.5, 0.6) is 0 Å². The molecule has 1 aliphatic rings. The Morgan fingerprint density at radius 3 is 2.76 bits per heavy atom. The highest BCUT2D eigenvalue weighted by molar-refractivity contribution is 6.31. The molecule has 1 aliphatic heterocycles. The molecule has 1 aromatic carbocycles. The van der Waals surface area contributed by atoms with Crippen LogP contribution in [0, 0.1) is 0 Å². The summed E-state index contributed by atoms with van der Waals surface area (Å²) in [5.41, 5.74) is 2.54. The Hall–Kier alpha value is -2.67. The first-order valence-corrected chi connectivity index (χ1v) is 9.96. The number of halogens is 1. The van der Waals surface area contributed by atoms with E-state index in [1.807, 2.05) is 39.8 Å². The van der Waals surface area contributed by atoms with Gasteiger partial charge in [-0.3, -0.25) is 0 Å². The van der Waals surface area contributed by atoms with Crippen molar-refractivity contribution in [2.24, 2.45) is 0 Å². The number of rotatable bonds is 2. The van der Waals surface area contributed by atoms with E-state index in [4.69, 9.17) is 25.2 Å². The van der Waals surface area contributed by atoms with Crippen molar-refractivity contribution in [1.82, 2.24) is 9.88 Å². The van der Waals surface area contributed by atoms with Gasteiger partial charge < -0.3 is 23.4 Å². The maximum atomic E-state index is 12.4. The molecule has 0 spiro atoms. The zero-order valence-corrected chi connectivity index (χ0v) is 17.7. The van der Waals surface area contributed by atoms with Crippen LogP contribution in [0.1, 0.15) is 27.7 Å². The number of carbonyl (C=O) groups excluding carboxylic acids is 1. The second-order valence-electron chi connectivity index (χ2n) is 8.28. The molecule has 29 heavy (non-hydrogen) atoms. The molecule has 3 aromatic rings. The maximum Gasteiger partial charge on any atom is 0.410 e. The number of hydrogen-bond acceptors (Lipinski definition) is 6. The molecule has 154 valence electrons. The summed E-state index contributed by atoms with van der Waals surface area (Å²) < 4.78 is 16.8. The molecule has 1 unspecified atom stereocenters. The van der Waals surface area contributed by atoms with Crippen LogP contribution in [0.25, 0.3) is 22.2 Å². The number of ether oxygens (including phenoxy) is 1. The molecule has 0 saturated carbocycles. The number of hydrogen-bond donors (Lipinski definition) is 0. The lowest BCUT2D eigenvalue weighted by Crippen LogP contribution is -2.54. The van der Waals surface area contributed by atoms with E-state index in [-0.39, 0.29) is 12.1 Å². The van der Waals surface area contributed by atoms with Gasteiger partial charge in [-0.25, -0.2) is 4.79 Å². The predicted molar refractivity (Wildman–Crippen MR) is 111 cm³/mol. The lowest BCUT2D eigenvalue weighted by atomic mass is 10.1. The number of piperazine rings is 1. The Morgan fingerprint density at radius 1 is 1.31 bits per heavy atom. The molecule has 2 aromatic heterocycles. The number of aromatic nitrogens is 1. The molecular formula is C21H24ClN3O4. The van der Waals surface area contributed by atoms with Crippen molar-refractivity contribution in [2.45, 2.75) is 39.3 Å². The average molecular weight is 418 g/mol. The van der Waals surface area contributed by atoms with Crippen LogP contribution >= 0.6 is 11.6 Å². The minimum atomic E-state index is -0.513. The number of nitrogens with zero attached hydrogens (tertiary/aromatic N) is 3. The number of oxazole rings is 1. The van der Waals surface area contributed by atoms with E-state index < -0.39 is 5.60 Å². The number of carbonyl (C=O) groups is 1. The van der Waals surface area contributed by atoms with Gasteiger partial charge in [-0.05, 0) is 45.9 Å². The lowest BCUT2D eigenvalue weighted by molar-refractivity contribution is 0.0216. The van der Waals surface area contributed by atoms with Gasteiger partial charge in [0.25, 0.3) is 6.01 Å². The lowest BCUT2D eigenvalue weighted by Gasteiger charge is -2.39. The van der Waals surface area contributed by atoms with Crippen molar-refractivity contribution in [3.8, 4) is 11.1 Å². The summed E-state index contributed by atoms with van der Waals surface area (Å²) in [4.78, 5) is 20.8. The van der Waals surface area contributed by atoms with E-state index in [1.165, 1.54) is 0 Å². The summed E-state index contributed by atoms with van der Waals surface area (Å²) in [7, 11) is 0. The van der Waals surface area contributed by atoms with Gasteiger partial charge in [-0.2, -0.15) is 4.98 Å². The first-order valence-electron chi connectivity index (χ1n) is 9.58. The monoisotopic (exact) mass is 417 g/mol. The van der Waals surface area contributed by atoms with Crippen LogP contribution in [-0.4, -0.2) is 47.3 Å². The normalized spacial score (nSPS) is 17.8. The summed E-state index contributed by atoms with van der Waals surface area (Å²) in [6.45, 7) is 9.30. The standard InChI is InChI=1S/C21H24ClN3O4/c1-13-11-24(20(26)29-21(2,3)4)6-7-25(13)19-23-17-10-15(22)9-16(18(17)28-19)14-5-8-27-12-14/h5,8-10,12-13H,6-7,11H2,1-4H3. The SMILES string of the molecule is CC1CN(C(=O)OC(C)(C)C)CCN1c1nc2cc(Cl)cc(-c3ccoc3)c2o1. The Balaban J connectivity index is 1.58. The zero-order valence-electron chi connectivity index (χ0n) is 16.9. The van der Waals surface area contributed by atoms with E-state index in [2.05, 4.69) is 9.88 Å². The van der Waals surface area contributed by atoms with E-state index in [9.17, 15) is 4.79 Å². The van der Waals surface area contributed by atoms with Gasteiger partial charge in [0.2, 0.25) is 0 Å². The van der Waals surface area contributed by atoms with E-state index >= 15 is 0 Å². The van der Waals surface area contributed by atoms with E-state index in [0.717, 1.165) is 11.1 Å². The highest BCUT2D eigenvalue weighted by Gasteiger charge is 2.32. The molecular weight excluding hydrogens is 394 g/mol. The van der Waals surface area contributed by atoms with Gasteiger partial charge >= 0.3 is 6.09 Å². The van der Waals surface area contributed by atoms with Gasteiger partial charge in [-0.15, -0.1) is 0 Å². The number of amides is 1. The van der Waals surface area contributed by atoms with Crippen molar-refractivity contribution in [1.29, 1.82) is 0 Å². The molecule has 8 heteroatoms. The Kier molecular flexibility index (Phi) is 4.94. The smallest absolute Gasteiger partial charge is 0.410 e. The fraction of sp³-hybridized carbons (Fsp3) is 0.429. The average Bonchev–Trinajstić information content (AvgIpc) is 3.29. The minimum Gasteiger partial charge on any atom is -0.472 e. The number of furan rings is 1. The zero-order chi connectivity index (χ0) is 20.8. The van der Waals surface area contributed by atoms with Gasteiger partial charge in [0.05, 0.1) is 12.5 Å². The molecule has 7 nitrogen and oxygen atoms in total. The third-order valence-electron chi connectivity index (χ3n) is 4.80. The Labute approximate surface area is 174 Å². The highest BCUT2D eigenvalue weighted by atomic mass is 35.5. The first-order chi connectivity index (χ1) is 13.7. The molecule has 0 aliphatic carbocycles. The van der Waals surface area contributed by atoms with Gasteiger partial charge in [0.1, 0.15) is 11.1 Å². The second-order valence-corrected chi connectivity index (χ2v) is 8.72. The largest absolute Gasteiger partial charge is 0.472 e. The van der Waals surface area contributed by atoms with Crippen LogP contribution in [0.2, 0.25) is 5.02 Å². The number of fused-ring (bicyclic) bond motifs is 1. The quantitative estimate of drug-likeness (QED) is 0.571. The van der Waals surface area contributed by atoms with Crippen molar-refractivity contribution < 1.29 is 18.4 Å². The van der Waals surface area contributed by atoms with Gasteiger partial charge in [-0.1, -0.05) is 11.6 Å². The van der Waals surface area contributed by atoms with Crippen molar-refractivity contribution in [3.05, 3.63) is 35.7 Å². The Bertz CT molecular complexity index is 1020. The molecule has 0 bridgehead atoms. The predicted octanol–water partition coefficient (Wildman–Crippen LogP) is 5.19. The fourth-order valence-electron chi connectivity index (χ4n) is 3.48. The van der Waals surface area contributed by atoms with Crippen LogP contribution in [0.4, 0.5) is 10.8 Å². The summed E-state index contributed by atoms with van der Waals surface area (Å²) in [6, 6.07) is 6.03. The molecule has 0 N–H and O–H groups in total. The Morgan fingerprint density at radius 2 is 2.10 bits per heavy atom. The second kappa shape index (κ2) is 7.30. The molecule has 3 heterocycles. The maximum absolute atomic E-state index is 12.4. The summed E-state index contributed by atoms with van der Waals surface area (Å²) >= 11 is 6.29. The third-order valence-corrected chi connectivity index (χ3v) is 5.02. The van der Waals surface area contributed by atoms with Crippen LogP contribution in [-0.2, 0) is 4.74 Å². The fourth-order valence-corrected chi connectivity index (χ4v) is 3.69. The highest BCUT2D eigenvalue weighted by Crippen LogP contribution is 2.35. The topological polar surface area (TPSA) is 72.0 Å². The summed E-state index contributed by atoms with van der Waals surface area (Å²) in [5.74, 6) is 0. The number of benzene rings is 1. The van der Waals surface area contributed by atoms with Crippen molar-refractivity contribution in [3.63, 3.8) is 0 Å². The summed E-state index contributed by atoms with van der Waals surface area (Å²) in [5, 5.41) is 0.580. The third kappa shape index (κ3) is 4.05. The van der Waals surface area contributed by atoms with Gasteiger partial charge in [0, 0.05) is 41.8 Å². The minimum absolute atomic E-state index is 0.0252. The van der Waals surface area contributed by atoms with Crippen LogP contribution in [0.15, 0.2) is 39.6 Å². The molecule has 4 rings (SSSR count). The van der Waals surface area contributed by atoms with Crippen LogP contribution < -0.4 is 4.90 Å². The molecule has 1 atom stereocenters. The van der Waals surface area contributed by atoms with E-state index in [1.54, 1.807) is 23.5 Å². The molecule has 1 amide bonds. The summed E-state index contributed by atoms with van der Waals surface area (Å²) in [6.07, 6.45) is 2.96. The molecule has 0 radical (unpaired) electrons.